The lowest BCUT2D eigenvalue weighted by Gasteiger charge is -2.32. The van der Waals surface area contributed by atoms with Crippen LogP contribution in [0.25, 0.3) is 0 Å². The first-order chi connectivity index (χ1) is 11.3. The van der Waals surface area contributed by atoms with E-state index in [0.717, 1.165) is 0 Å². The van der Waals surface area contributed by atoms with Crippen LogP contribution in [0.3, 0.4) is 0 Å². The topological polar surface area (TPSA) is 86.7 Å². The van der Waals surface area contributed by atoms with Gasteiger partial charge in [-0.2, -0.15) is 0 Å². The molecular formula is C16H18Cl2N2O4. The molecule has 8 heteroatoms. The molecule has 6 nitrogen and oxygen atoms in total. The molecule has 2 N–H and O–H groups in total. The van der Waals surface area contributed by atoms with Crippen LogP contribution in [0.5, 0.6) is 0 Å². The number of carbonyl (C=O) groups is 3. The lowest BCUT2D eigenvalue weighted by molar-refractivity contribution is -0.142. The smallest absolute Gasteiger partial charge is 0.325 e. The van der Waals surface area contributed by atoms with Crippen molar-refractivity contribution in [3.8, 4) is 0 Å². The predicted octanol–water partition coefficient (Wildman–Crippen LogP) is 2.43. The number of carbonyl (C=O) groups excluding carboxylic acids is 2. The number of rotatable bonds is 4. The maximum Gasteiger partial charge on any atom is 0.325 e. The Hall–Kier alpha value is -1.79. The van der Waals surface area contributed by atoms with Crippen LogP contribution in [0.4, 0.5) is 0 Å². The SMILES string of the molecule is CC(NC(=O)C1CCCN(C(=O)c2ccc(Cl)c(Cl)c2)C1)C(=O)O. The highest BCUT2D eigenvalue weighted by Gasteiger charge is 2.30. The van der Waals surface area contributed by atoms with E-state index in [9.17, 15) is 14.4 Å². The number of nitrogens with one attached hydrogen (secondary N) is 1. The van der Waals surface area contributed by atoms with Crippen LogP contribution in [-0.2, 0) is 9.59 Å². The van der Waals surface area contributed by atoms with Gasteiger partial charge in [0.2, 0.25) is 5.91 Å². The highest BCUT2D eigenvalue weighted by molar-refractivity contribution is 6.42. The predicted molar refractivity (Wildman–Crippen MR) is 90.3 cm³/mol. The molecule has 2 atom stereocenters. The van der Waals surface area contributed by atoms with Gasteiger partial charge in [0.25, 0.3) is 5.91 Å². The van der Waals surface area contributed by atoms with Crippen LogP contribution in [0, 0.1) is 5.92 Å². The molecule has 2 unspecified atom stereocenters. The molecule has 0 radical (unpaired) electrons. The van der Waals surface area contributed by atoms with E-state index < -0.39 is 17.9 Å². The van der Waals surface area contributed by atoms with Crippen LogP contribution in [0.1, 0.15) is 30.1 Å². The summed E-state index contributed by atoms with van der Waals surface area (Å²) in [5.74, 6) is -2.09. The van der Waals surface area contributed by atoms with Gasteiger partial charge in [0.1, 0.15) is 6.04 Å². The monoisotopic (exact) mass is 372 g/mol. The molecule has 1 aromatic carbocycles. The van der Waals surface area contributed by atoms with E-state index in [2.05, 4.69) is 5.32 Å². The van der Waals surface area contributed by atoms with Crippen LogP contribution >= 0.6 is 23.2 Å². The number of piperidine rings is 1. The summed E-state index contributed by atoms with van der Waals surface area (Å²) >= 11 is 11.8. The number of likely N-dealkylation sites (tertiary alicyclic amines) is 1. The highest BCUT2D eigenvalue weighted by atomic mass is 35.5. The first kappa shape index (κ1) is 18.5. The molecule has 2 amide bonds. The number of hydrogen-bond donors (Lipinski definition) is 2. The Morgan fingerprint density at radius 2 is 2.00 bits per heavy atom. The average Bonchev–Trinajstić information content (AvgIpc) is 2.56. The first-order valence-electron chi connectivity index (χ1n) is 7.57. The summed E-state index contributed by atoms with van der Waals surface area (Å²) in [6.07, 6.45) is 1.29. The molecule has 1 saturated heterocycles. The second kappa shape index (κ2) is 7.85. The van der Waals surface area contributed by atoms with Gasteiger partial charge in [0.05, 0.1) is 16.0 Å². The zero-order valence-electron chi connectivity index (χ0n) is 13.1. The van der Waals surface area contributed by atoms with Gasteiger partial charge in [-0.05, 0) is 38.0 Å². The Balaban J connectivity index is 2.04. The minimum absolute atomic E-state index is 0.225. The Kier molecular flexibility index (Phi) is 6.07. The number of nitrogens with zero attached hydrogens (tertiary/aromatic N) is 1. The van der Waals surface area contributed by atoms with E-state index in [1.807, 2.05) is 0 Å². The van der Waals surface area contributed by atoms with E-state index in [0.29, 0.717) is 35.0 Å². The van der Waals surface area contributed by atoms with Gasteiger partial charge >= 0.3 is 5.97 Å². The van der Waals surface area contributed by atoms with Gasteiger partial charge in [0, 0.05) is 18.7 Å². The molecule has 24 heavy (non-hydrogen) atoms. The van der Waals surface area contributed by atoms with Gasteiger partial charge < -0.3 is 15.3 Å². The molecule has 1 aromatic rings. The molecule has 2 rings (SSSR count). The molecule has 1 heterocycles. The van der Waals surface area contributed by atoms with Crippen molar-refractivity contribution in [2.45, 2.75) is 25.8 Å². The van der Waals surface area contributed by atoms with Gasteiger partial charge in [-0.1, -0.05) is 23.2 Å². The first-order valence-corrected chi connectivity index (χ1v) is 8.32. The molecule has 1 fully saturated rings. The quantitative estimate of drug-likeness (QED) is 0.849. The van der Waals surface area contributed by atoms with Crippen molar-refractivity contribution in [3.05, 3.63) is 33.8 Å². The fourth-order valence-corrected chi connectivity index (χ4v) is 2.88. The van der Waals surface area contributed by atoms with Crippen molar-refractivity contribution in [2.75, 3.05) is 13.1 Å². The number of carboxylic acids is 1. The minimum Gasteiger partial charge on any atom is -0.480 e. The normalized spacial score (nSPS) is 18.8. The molecular weight excluding hydrogens is 355 g/mol. The molecule has 1 aliphatic heterocycles. The molecule has 0 saturated carbocycles. The second-order valence-electron chi connectivity index (χ2n) is 5.79. The fourth-order valence-electron chi connectivity index (χ4n) is 2.58. The molecule has 0 bridgehead atoms. The third-order valence-electron chi connectivity index (χ3n) is 3.98. The molecule has 130 valence electrons. The molecule has 1 aliphatic rings. The maximum atomic E-state index is 12.6. The van der Waals surface area contributed by atoms with Crippen molar-refractivity contribution in [3.63, 3.8) is 0 Å². The van der Waals surface area contributed by atoms with Crippen molar-refractivity contribution < 1.29 is 19.5 Å². The van der Waals surface area contributed by atoms with E-state index in [-0.39, 0.29) is 18.4 Å². The van der Waals surface area contributed by atoms with Gasteiger partial charge in [-0.15, -0.1) is 0 Å². The fraction of sp³-hybridized carbons (Fsp3) is 0.438. The van der Waals surface area contributed by atoms with Crippen molar-refractivity contribution in [1.29, 1.82) is 0 Å². The number of amides is 2. The van der Waals surface area contributed by atoms with Gasteiger partial charge in [-0.3, -0.25) is 14.4 Å². The van der Waals surface area contributed by atoms with Crippen LogP contribution < -0.4 is 5.32 Å². The Morgan fingerprint density at radius 1 is 1.29 bits per heavy atom. The maximum absolute atomic E-state index is 12.6. The second-order valence-corrected chi connectivity index (χ2v) is 6.60. The van der Waals surface area contributed by atoms with Crippen molar-refractivity contribution >= 4 is 41.0 Å². The summed E-state index contributed by atoms with van der Waals surface area (Å²) in [6, 6.07) is 3.69. The third kappa shape index (κ3) is 4.39. The van der Waals surface area contributed by atoms with E-state index in [4.69, 9.17) is 28.3 Å². The van der Waals surface area contributed by atoms with Gasteiger partial charge in [0.15, 0.2) is 0 Å². The summed E-state index contributed by atoms with van der Waals surface area (Å²) in [6.45, 7) is 2.19. The molecule has 0 aliphatic carbocycles. The molecule has 0 spiro atoms. The van der Waals surface area contributed by atoms with E-state index in [1.54, 1.807) is 17.0 Å². The van der Waals surface area contributed by atoms with Crippen LogP contribution in [0.2, 0.25) is 10.0 Å². The Labute approximate surface area is 149 Å². The van der Waals surface area contributed by atoms with Gasteiger partial charge in [-0.25, -0.2) is 0 Å². The number of hydrogen-bond acceptors (Lipinski definition) is 3. The largest absolute Gasteiger partial charge is 0.480 e. The third-order valence-corrected chi connectivity index (χ3v) is 4.71. The number of aliphatic carboxylic acids is 1. The number of carboxylic acid groups (broad SMARTS) is 1. The van der Waals surface area contributed by atoms with Crippen LogP contribution in [0.15, 0.2) is 18.2 Å². The Morgan fingerprint density at radius 3 is 2.62 bits per heavy atom. The summed E-state index contributed by atoms with van der Waals surface area (Å²) in [4.78, 5) is 37.1. The lowest BCUT2D eigenvalue weighted by atomic mass is 9.96. The zero-order valence-corrected chi connectivity index (χ0v) is 14.6. The van der Waals surface area contributed by atoms with Crippen molar-refractivity contribution in [1.82, 2.24) is 10.2 Å². The lowest BCUT2D eigenvalue weighted by Crippen LogP contribution is -2.48. The highest BCUT2D eigenvalue weighted by Crippen LogP contribution is 2.25. The summed E-state index contributed by atoms with van der Waals surface area (Å²) < 4.78 is 0. The van der Waals surface area contributed by atoms with E-state index in [1.165, 1.54) is 13.0 Å². The number of benzene rings is 1. The van der Waals surface area contributed by atoms with Crippen molar-refractivity contribution in [2.24, 2.45) is 5.92 Å². The summed E-state index contributed by atoms with van der Waals surface area (Å²) in [5, 5.41) is 12.0. The minimum atomic E-state index is -1.09. The average molecular weight is 373 g/mol. The molecule has 0 aromatic heterocycles. The zero-order chi connectivity index (χ0) is 17.9. The standard InChI is InChI=1S/C16H18Cl2N2O4/c1-9(16(23)24)19-14(21)11-3-2-6-20(8-11)15(22)10-4-5-12(17)13(18)7-10/h4-5,7,9,11H,2-3,6,8H2,1H3,(H,19,21)(H,23,24). The summed E-state index contributed by atoms with van der Waals surface area (Å²) in [5.41, 5.74) is 0.407. The Bertz CT molecular complexity index is 665. The summed E-state index contributed by atoms with van der Waals surface area (Å²) in [7, 11) is 0. The van der Waals surface area contributed by atoms with E-state index >= 15 is 0 Å². The van der Waals surface area contributed by atoms with Crippen LogP contribution in [-0.4, -0.2) is 46.9 Å². The number of halogens is 2.